The minimum absolute atomic E-state index is 0.278. The molecule has 1 aromatic carbocycles. The Bertz CT molecular complexity index is 1320. The van der Waals surface area contributed by atoms with Crippen molar-refractivity contribution in [1.82, 2.24) is 24.5 Å². The smallest absolute Gasteiger partial charge is 0.342 e. The van der Waals surface area contributed by atoms with E-state index in [0.717, 1.165) is 0 Å². The average Bonchev–Trinajstić information content (AvgIpc) is 3.25. The fraction of sp³-hybridized carbons (Fsp3) is 0.286. The molecule has 0 saturated heterocycles. The molecule has 0 unspecified atom stereocenters. The summed E-state index contributed by atoms with van der Waals surface area (Å²) in [5, 5.41) is 4.76. The maximum absolute atomic E-state index is 13.2. The summed E-state index contributed by atoms with van der Waals surface area (Å²) in [6.45, 7) is 8.81. The molecule has 3 aromatic heterocycles. The molecule has 4 aromatic rings. The summed E-state index contributed by atoms with van der Waals surface area (Å²) in [6.07, 6.45) is 1.68. The first-order valence-electron chi connectivity index (χ1n) is 9.42. The van der Waals surface area contributed by atoms with Gasteiger partial charge < -0.3 is 9.26 Å². The SMILES string of the molecule is Cc1nc(-c2cn3c(-c4ccc(Cl)cc4Cl)c(C(=O)OC(C)(C)C)c(C)nc3n2)no1. The van der Waals surface area contributed by atoms with E-state index in [4.69, 9.17) is 32.5 Å². The summed E-state index contributed by atoms with van der Waals surface area (Å²) >= 11 is 12.6. The minimum Gasteiger partial charge on any atom is -0.456 e. The highest BCUT2D eigenvalue weighted by Gasteiger charge is 2.28. The third-order valence-corrected chi connectivity index (χ3v) is 4.89. The van der Waals surface area contributed by atoms with Crippen LogP contribution in [0, 0.1) is 13.8 Å². The highest BCUT2D eigenvalue weighted by Crippen LogP contribution is 2.35. The van der Waals surface area contributed by atoms with Gasteiger partial charge in [-0.05, 0) is 45.9 Å². The fourth-order valence-corrected chi connectivity index (χ4v) is 3.64. The maximum Gasteiger partial charge on any atom is 0.342 e. The van der Waals surface area contributed by atoms with Gasteiger partial charge in [-0.1, -0.05) is 28.4 Å². The Balaban J connectivity index is 2.03. The van der Waals surface area contributed by atoms with Crippen LogP contribution in [0.2, 0.25) is 10.0 Å². The van der Waals surface area contributed by atoms with Crippen molar-refractivity contribution in [2.75, 3.05) is 0 Å². The lowest BCUT2D eigenvalue weighted by Gasteiger charge is -2.22. The minimum atomic E-state index is -0.693. The van der Waals surface area contributed by atoms with E-state index in [2.05, 4.69) is 20.1 Å². The summed E-state index contributed by atoms with van der Waals surface area (Å²) < 4.78 is 12.4. The molecule has 0 spiro atoms. The second-order valence-electron chi connectivity index (χ2n) is 7.98. The number of fused-ring (bicyclic) bond motifs is 1. The molecule has 0 bridgehead atoms. The molecule has 0 saturated carbocycles. The molecular formula is C21H19Cl2N5O3. The van der Waals surface area contributed by atoms with Gasteiger partial charge in [0.15, 0.2) is 0 Å². The molecule has 31 heavy (non-hydrogen) atoms. The van der Waals surface area contributed by atoms with Crippen LogP contribution in [0.25, 0.3) is 28.6 Å². The van der Waals surface area contributed by atoms with Crippen LogP contribution >= 0.6 is 23.2 Å². The van der Waals surface area contributed by atoms with Crippen LogP contribution in [0.4, 0.5) is 0 Å². The molecule has 3 heterocycles. The first-order valence-corrected chi connectivity index (χ1v) is 10.2. The zero-order valence-electron chi connectivity index (χ0n) is 17.5. The Labute approximate surface area is 188 Å². The Kier molecular flexibility index (Phi) is 5.23. The molecule has 8 nitrogen and oxygen atoms in total. The lowest BCUT2D eigenvalue weighted by atomic mass is 10.0. The molecule has 0 aliphatic heterocycles. The normalized spacial score (nSPS) is 11.8. The highest BCUT2D eigenvalue weighted by atomic mass is 35.5. The van der Waals surface area contributed by atoms with Gasteiger partial charge in [0.05, 0.1) is 16.4 Å². The van der Waals surface area contributed by atoms with Crippen molar-refractivity contribution in [3.63, 3.8) is 0 Å². The van der Waals surface area contributed by atoms with Crippen LogP contribution in [0.3, 0.4) is 0 Å². The molecule has 160 valence electrons. The van der Waals surface area contributed by atoms with Crippen molar-refractivity contribution in [3.05, 3.63) is 51.6 Å². The predicted octanol–water partition coefficient (Wildman–Crippen LogP) is 5.33. The lowest BCUT2D eigenvalue weighted by Crippen LogP contribution is -2.25. The Morgan fingerprint density at radius 1 is 1.13 bits per heavy atom. The highest BCUT2D eigenvalue weighted by molar-refractivity contribution is 6.36. The number of hydrogen-bond acceptors (Lipinski definition) is 7. The summed E-state index contributed by atoms with van der Waals surface area (Å²) in [4.78, 5) is 26.4. The molecule has 0 aliphatic rings. The number of ether oxygens (including phenoxy) is 1. The molecule has 0 radical (unpaired) electrons. The monoisotopic (exact) mass is 459 g/mol. The maximum atomic E-state index is 13.2. The van der Waals surface area contributed by atoms with E-state index in [1.54, 1.807) is 63.4 Å². The number of aromatic nitrogens is 5. The first-order chi connectivity index (χ1) is 14.5. The van der Waals surface area contributed by atoms with Crippen molar-refractivity contribution >= 4 is 34.9 Å². The van der Waals surface area contributed by atoms with Gasteiger partial charge in [-0.2, -0.15) is 4.98 Å². The topological polar surface area (TPSA) is 95.4 Å². The van der Waals surface area contributed by atoms with Gasteiger partial charge in [-0.25, -0.2) is 14.8 Å². The van der Waals surface area contributed by atoms with E-state index in [1.165, 1.54) is 0 Å². The number of halogens is 2. The summed E-state index contributed by atoms with van der Waals surface area (Å²) in [5.41, 5.74) is 1.54. The molecule has 10 heteroatoms. The molecule has 4 rings (SSSR count). The molecule has 0 amide bonds. The van der Waals surface area contributed by atoms with E-state index < -0.39 is 11.6 Å². The molecule has 0 N–H and O–H groups in total. The van der Waals surface area contributed by atoms with Crippen LogP contribution < -0.4 is 0 Å². The number of aryl methyl sites for hydroxylation is 2. The van der Waals surface area contributed by atoms with E-state index in [9.17, 15) is 4.79 Å². The van der Waals surface area contributed by atoms with Crippen LogP contribution in [-0.4, -0.2) is 36.1 Å². The van der Waals surface area contributed by atoms with Crippen molar-refractivity contribution < 1.29 is 14.1 Å². The standard InChI is InChI=1S/C21H19Cl2N5O3/c1-10-16(19(29)30-21(3,4)5)17(13-7-6-12(22)8-14(13)23)28-9-15(26-20(28)24-10)18-25-11(2)31-27-18/h6-9H,1-5H3. The van der Waals surface area contributed by atoms with Gasteiger partial charge in [0.1, 0.15) is 16.9 Å². The van der Waals surface area contributed by atoms with Gasteiger partial charge in [0.2, 0.25) is 17.5 Å². The average molecular weight is 460 g/mol. The van der Waals surface area contributed by atoms with Crippen LogP contribution in [0.1, 0.15) is 42.7 Å². The molecule has 0 atom stereocenters. The van der Waals surface area contributed by atoms with Gasteiger partial charge in [0.25, 0.3) is 0 Å². The molecule has 0 fully saturated rings. The Hall–Kier alpha value is -2.97. The fourth-order valence-electron chi connectivity index (χ4n) is 3.14. The van der Waals surface area contributed by atoms with E-state index in [1.807, 2.05) is 0 Å². The van der Waals surface area contributed by atoms with Crippen molar-refractivity contribution in [1.29, 1.82) is 0 Å². The number of carbonyl (C=O) groups is 1. The zero-order chi connectivity index (χ0) is 22.5. The van der Waals surface area contributed by atoms with Crippen LogP contribution in [0.15, 0.2) is 28.9 Å². The first kappa shape index (κ1) is 21.3. The number of carbonyl (C=O) groups excluding carboxylic acids is 1. The van der Waals surface area contributed by atoms with Crippen LogP contribution in [-0.2, 0) is 4.74 Å². The Morgan fingerprint density at radius 2 is 1.87 bits per heavy atom. The van der Waals surface area contributed by atoms with Gasteiger partial charge in [-0.15, -0.1) is 0 Å². The second-order valence-corrected chi connectivity index (χ2v) is 8.82. The van der Waals surface area contributed by atoms with E-state index in [-0.39, 0.29) is 5.56 Å². The second kappa shape index (κ2) is 7.62. The quantitative estimate of drug-likeness (QED) is 0.382. The number of nitrogens with zero attached hydrogens (tertiary/aromatic N) is 5. The third kappa shape index (κ3) is 4.13. The zero-order valence-corrected chi connectivity index (χ0v) is 19.0. The number of esters is 1. The summed E-state index contributed by atoms with van der Waals surface area (Å²) in [7, 11) is 0. The Morgan fingerprint density at radius 3 is 2.48 bits per heavy atom. The van der Waals surface area contributed by atoms with Gasteiger partial charge >= 0.3 is 5.97 Å². The van der Waals surface area contributed by atoms with Crippen molar-refractivity contribution in [2.24, 2.45) is 0 Å². The predicted molar refractivity (Wildman–Crippen MR) is 116 cm³/mol. The number of benzene rings is 1. The largest absolute Gasteiger partial charge is 0.456 e. The molecular weight excluding hydrogens is 441 g/mol. The number of imidazole rings is 1. The van der Waals surface area contributed by atoms with Gasteiger partial charge in [0, 0.05) is 23.7 Å². The van der Waals surface area contributed by atoms with E-state index in [0.29, 0.717) is 50.2 Å². The third-order valence-electron chi connectivity index (χ3n) is 4.34. The van der Waals surface area contributed by atoms with Gasteiger partial charge in [-0.3, -0.25) is 4.40 Å². The van der Waals surface area contributed by atoms with Crippen LogP contribution in [0.5, 0.6) is 0 Å². The van der Waals surface area contributed by atoms with E-state index >= 15 is 0 Å². The lowest BCUT2D eigenvalue weighted by molar-refractivity contribution is 0.00687. The summed E-state index contributed by atoms with van der Waals surface area (Å²) in [6, 6.07) is 5.05. The van der Waals surface area contributed by atoms with Crippen molar-refractivity contribution in [2.45, 2.75) is 40.2 Å². The number of rotatable bonds is 3. The summed E-state index contributed by atoms with van der Waals surface area (Å²) in [5.74, 6) is 0.550. The van der Waals surface area contributed by atoms with Crippen molar-refractivity contribution in [3.8, 4) is 22.8 Å². The molecule has 0 aliphatic carbocycles. The number of hydrogen-bond donors (Lipinski definition) is 0.